The van der Waals surface area contributed by atoms with E-state index in [2.05, 4.69) is 5.32 Å². The van der Waals surface area contributed by atoms with Crippen LogP contribution in [0.2, 0.25) is 5.02 Å². The Labute approximate surface area is 128 Å². The SMILES string of the molecule is COc1c(Cl)cc(N)cc1C(=O)Nc1c(C)cccc1C. The van der Waals surface area contributed by atoms with Crippen molar-refractivity contribution in [2.75, 3.05) is 18.2 Å². The van der Waals surface area contributed by atoms with Gasteiger partial charge in [-0.05, 0) is 37.1 Å². The number of methoxy groups -OCH3 is 1. The fourth-order valence-electron chi connectivity index (χ4n) is 2.18. The van der Waals surface area contributed by atoms with E-state index >= 15 is 0 Å². The van der Waals surface area contributed by atoms with Crippen molar-refractivity contribution in [3.8, 4) is 5.75 Å². The molecule has 0 aliphatic heterocycles. The Kier molecular flexibility index (Phi) is 4.38. The number of anilines is 2. The van der Waals surface area contributed by atoms with Crippen molar-refractivity contribution < 1.29 is 9.53 Å². The molecule has 1 amide bonds. The molecule has 0 fully saturated rings. The van der Waals surface area contributed by atoms with Crippen molar-refractivity contribution in [2.45, 2.75) is 13.8 Å². The Hall–Kier alpha value is -2.20. The molecular formula is C16H17ClN2O2. The second kappa shape index (κ2) is 6.06. The van der Waals surface area contributed by atoms with Crippen molar-refractivity contribution in [1.82, 2.24) is 0 Å². The number of nitrogen functional groups attached to an aromatic ring is 1. The van der Waals surface area contributed by atoms with Crippen LogP contribution < -0.4 is 15.8 Å². The van der Waals surface area contributed by atoms with Gasteiger partial charge in [0.05, 0.1) is 17.7 Å². The molecule has 2 rings (SSSR count). The fourth-order valence-corrected chi connectivity index (χ4v) is 2.49. The third-order valence-electron chi connectivity index (χ3n) is 3.23. The first-order valence-electron chi connectivity index (χ1n) is 6.44. The van der Waals surface area contributed by atoms with Crippen LogP contribution in [0.3, 0.4) is 0 Å². The highest BCUT2D eigenvalue weighted by atomic mass is 35.5. The Morgan fingerprint density at radius 1 is 1.24 bits per heavy atom. The number of halogens is 1. The van der Waals surface area contributed by atoms with Gasteiger partial charge in [-0.15, -0.1) is 0 Å². The van der Waals surface area contributed by atoms with Gasteiger partial charge in [0.25, 0.3) is 5.91 Å². The largest absolute Gasteiger partial charge is 0.494 e. The second-order valence-electron chi connectivity index (χ2n) is 4.80. The maximum absolute atomic E-state index is 12.5. The predicted octanol–water partition coefficient (Wildman–Crippen LogP) is 3.80. The highest BCUT2D eigenvalue weighted by Gasteiger charge is 2.17. The number of para-hydroxylation sites is 1. The first kappa shape index (κ1) is 15.2. The maximum Gasteiger partial charge on any atom is 0.259 e. The molecule has 0 bridgehead atoms. The van der Waals surface area contributed by atoms with E-state index in [1.807, 2.05) is 32.0 Å². The van der Waals surface area contributed by atoms with E-state index < -0.39 is 0 Å². The molecule has 0 unspecified atom stereocenters. The number of ether oxygens (including phenoxy) is 1. The zero-order chi connectivity index (χ0) is 15.6. The Bertz CT molecular complexity index is 679. The lowest BCUT2D eigenvalue weighted by Crippen LogP contribution is -2.15. The minimum absolute atomic E-state index is 0.307. The van der Waals surface area contributed by atoms with E-state index in [9.17, 15) is 4.79 Å². The summed E-state index contributed by atoms with van der Waals surface area (Å²) in [4.78, 5) is 12.5. The van der Waals surface area contributed by atoms with Gasteiger partial charge in [-0.1, -0.05) is 29.8 Å². The van der Waals surface area contributed by atoms with Crippen LogP contribution in [0.1, 0.15) is 21.5 Å². The third kappa shape index (κ3) is 3.11. The molecule has 0 aromatic heterocycles. The highest BCUT2D eigenvalue weighted by molar-refractivity contribution is 6.33. The summed E-state index contributed by atoms with van der Waals surface area (Å²) < 4.78 is 5.20. The van der Waals surface area contributed by atoms with Gasteiger partial charge in [-0.2, -0.15) is 0 Å². The first-order chi connectivity index (χ1) is 9.93. The quantitative estimate of drug-likeness (QED) is 0.848. The third-order valence-corrected chi connectivity index (χ3v) is 3.52. The number of aryl methyl sites for hydroxylation is 2. The highest BCUT2D eigenvalue weighted by Crippen LogP contribution is 2.32. The Morgan fingerprint density at radius 3 is 2.43 bits per heavy atom. The van der Waals surface area contributed by atoms with Gasteiger partial charge in [0, 0.05) is 11.4 Å². The molecule has 2 aromatic carbocycles. The average molecular weight is 305 g/mol. The molecule has 0 saturated heterocycles. The molecule has 0 aliphatic carbocycles. The van der Waals surface area contributed by atoms with E-state index in [-0.39, 0.29) is 5.91 Å². The molecule has 3 N–H and O–H groups in total. The molecule has 0 heterocycles. The van der Waals surface area contributed by atoms with Gasteiger partial charge < -0.3 is 15.8 Å². The number of carbonyl (C=O) groups excluding carboxylic acids is 1. The van der Waals surface area contributed by atoms with Crippen molar-refractivity contribution in [3.63, 3.8) is 0 Å². The molecular weight excluding hydrogens is 288 g/mol. The molecule has 2 aromatic rings. The monoisotopic (exact) mass is 304 g/mol. The van der Waals surface area contributed by atoms with Crippen molar-refractivity contribution in [1.29, 1.82) is 0 Å². The van der Waals surface area contributed by atoms with Crippen LogP contribution in [0.5, 0.6) is 5.75 Å². The van der Waals surface area contributed by atoms with Crippen LogP contribution >= 0.6 is 11.6 Å². The summed E-state index contributed by atoms with van der Waals surface area (Å²) in [5.74, 6) is 0.00746. The first-order valence-corrected chi connectivity index (χ1v) is 6.82. The van der Waals surface area contributed by atoms with Gasteiger partial charge in [0.1, 0.15) is 5.75 Å². The molecule has 0 saturated carbocycles. The smallest absolute Gasteiger partial charge is 0.259 e. The topological polar surface area (TPSA) is 64.3 Å². The summed E-state index contributed by atoms with van der Waals surface area (Å²) in [7, 11) is 1.47. The Morgan fingerprint density at radius 2 is 1.86 bits per heavy atom. The minimum Gasteiger partial charge on any atom is -0.494 e. The van der Waals surface area contributed by atoms with Crippen LogP contribution in [-0.2, 0) is 0 Å². The number of benzene rings is 2. The second-order valence-corrected chi connectivity index (χ2v) is 5.21. The zero-order valence-corrected chi connectivity index (χ0v) is 12.9. The summed E-state index contributed by atoms with van der Waals surface area (Å²) in [5.41, 5.74) is 9.22. The van der Waals surface area contributed by atoms with Crippen molar-refractivity contribution in [2.24, 2.45) is 0 Å². The van der Waals surface area contributed by atoms with Gasteiger partial charge >= 0.3 is 0 Å². The summed E-state index contributed by atoms with van der Waals surface area (Å²) in [6.45, 7) is 3.87. The number of carbonyl (C=O) groups is 1. The summed E-state index contributed by atoms with van der Waals surface area (Å²) >= 11 is 6.06. The van der Waals surface area contributed by atoms with E-state index in [4.69, 9.17) is 22.1 Å². The summed E-state index contributed by atoms with van der Waals surface area (Å²) in [6, 6.07) is 8.92. The molecule has 0 radical (unpaired) electrons. The standard InChI is InChI=1S/C16H17ClN2O2/c1-9-5-4-6-10(2)14(9)19-16(20)12-7-11(18)8-13(17)15(12)21-3/h4-8H,18H2,1-3H3,(H,19,20). The number of nitrogens with two attached hydrogens (primary N) is 1. The number of rotatable bonds is 3. The van der Waals surface area contributed by atoms with Crippen molar-refractivity contribution in [3.05, 3.63) is 52.0 Å². The molecule has 21 heavy (non-hydrogen) atoms. The summed E-state index contributed by atoms with van der Waals surface area (Å²) in [6.07, 6.45) is 0. The van der Waals surface area contributed by atoms with Crippen LogP contribution in [0.15, 0.2) is 30.3 Å². The molecule has 0 atom stereocenters. The number of hydrogen-bond donors (Lipinski definition) is 2. The van der Waals surface area contributed by atoms with Gasteiger partial charge in [-0.25, -0.2) is 0 Å². The zero-order valence-electron chi connectivity index (χ0n) is 12.2. The molecule has 5 heteroatoms. The van der Waals surface area contributed by atoms with Crippen LogP contribution in [0.4, 0.5) is 11.4 Å². The summed E-state index contributed by atoms with van der Waals surface area (Å²) in [5, 5.41) is 3.20. The van der Waals surface area contributed by atoms with E-state index in [1.165, 1.54) is 7.11 Å². The Balaban J connectivity index is 2.42. The van der Waals surface area contributed by atoms with Gasteiger partial charge in [0.15, 0.2) is 0 Å². The number of nitrogens with one attached hydrogen (secondary N) is 1. The lowest BCUT2D eigenvalue weighted by atomic mass is 10.1. The molecule has 0 aliphatic rings. The molecule has 4 nitrogen and oxygen atoms in total. The van der Waals surface area contributed by atoms with E-state index in [1.54, 1.807) is 12.1 Å². The normalized spacial score (nSPS) is 10.3. The number of amides is 1. The average Bonchev–Trinajstić information content (AvgIpc) is 2.42. The predicted molar refractivity (Wildman–Crippen MR) is 86.3 cm³/mol. The maximum atomic E-state index is 12.5. The van der Waals surface area contributed by atoms with Crippen LogP contribution in [0.25, 0.3) is 0 Å². The lowest BCUT2D eigenvalue weighted by molar-refractivity contribution is 0.102. The van der Waals surface area contributed by atoms with E-state index in [0.717, 1.165) is 16.8 Å². The van der Waals surface area contributed by atoms with Crippen LogP contribution in [-0.4, -0.2) is 13.0 Å². The fraction of sp³-hybridized carbons (Fsp3) is 0.188. The lowest BCUT2D eigenvalue weighted by Gasteiger charge is -2.14. The van der Waals surface area contributed by atoms with Crippen LogP contribution in [0, 0.1) is 13.8 Å². The van der Waals surface area contributed by atoms with Gasteiger partial charge in [0.2, 0.25) is 0 Å². The minimum atomic E-state index is -0.307. The molecule has 110 valence electrons. The van der Waals surface area contributed by atoms with Crippen molar-refractivity contribution >= 4 is 28.9 Å². The molecule has 0 spiro atoms. The van der Waals surface area contributed by atoms with Gasteiger partial charge in [-0.3, -0.25) is 4.79 Å². The van der Waals surface area contributed by atoms with E-state index in [0.29, 0.717) is 22.0 Å². The number of hydrogen-bond acceptors (Lipinski definition) is 3.